The van der Waals surface area contributed by atoms with Crippen molar-refractivity contribution >= 4 is 18.1 Å². The van der Waals surface area contributed by atoms with Crippen molar-refractivity contribution in [3.05, 3.63) is 35.4 Å². The number of piperidine rings is 1. The van der Waals surface area contributed by atoms with Gasteiger partial charge >= 0.3 is 18.4 Å². The summed E-state index contributed by atoms with van der Waals surface area (Å²) in [5.74, 6) is 0.464. The molecule has 1 spiro atoms. The Morgan fingerprint density at radius 3 is 2.07 bits per heavy atom. The minimum Gasteiger partial charge on any atom is -0.444 e. The van der Waals surface area contributed by atoms with E-state index in [0.717, 1.165) is 43.4 Å². The quantitative estimate of drug-likeness (QED) is 0.439. The monoisotopic (exact) mass is 622 g/mol. The van der Waals surface area contributed by atoms with E-state index < -0.39 is 22.9 Å². The van der Waals surface area contributed by atoms with E-state index in [9.17, 15) is 27.6 Å². The summed E-state index contributed by atoms with van der Waals surface area (Å²) >= 11 is 0. The second-order valence-electron chi connectivity index (χ2n) is 13.9. The molecule has 0 radical (unpaired) electrons. The van der Waals surface area contributed by atoms with E-state index in [1.165, 1.54) is 12.1 Å². The van der Waals surface area contributed by atoms with Gasteiger partial charge in [0.05, 0.1) is 12.1 Å². The van der Waals surface area contributed by atoms with E-state index in [1.807, 2.05) is 30.6 Å². The van der Waals surface area contributed by atoms with Crippen molar-refractivity contribution < 1.29 is 37.0 Å². The first kappa shape index (κ1) is 32.4. The van der Waals surface area contributed by atoms with E-state index in [1.54, 1.807) is 4.90 Å². The molecule has 244 valence electrons. The van der Waals surface area contributed by atoms with Crippen molar-refractivity contribution in [2.24, 2.45) is 11.8 Å². The molecule has 0 bridgehead atoms. The SMILES string of the molecule is CC(C)(C)OC(=O)N1CCN(C(=O)C2CCC(CN3CC4(CCN(Cc5ccc(C(F)(F)F)cc5)CC4)OC3=O)CC2)CC1. The number of nitrogens with zero attached hydrogens (tertiary/aromatic N) is 4. The Balaban J connectivity index is 1.02. The van der Waals surface area contributed by atoms with E-state index in [2.05, 4.69) is 4.90 Å². The lowest BCUT2D eigenvalue weighted by Crippen LogP contribution is -2.53. The second-order valence-corrected chi connectivity index (χ2v) is 13.9. The van der Waals surface area contributed by atoms with Crippen molar-refractivity contribution in [1.82, 2.24) is 19.6 Å². The molecule has 4 fully saturated rings. The highest BCUT2D eigenvalue weighted by atomic mass is 19.4. The number of carbonyl (C=O) groups is 3. The van der Waals surface area contributed by atoms with Crippen LogP contribution in [0.5, 0.6) is 0 Å². The summed E-state index contributed by atoms with van der Waals surface area (Å²) in [6, 6.07) is 5.30. The molecule has 0 N–H and O–H groups in total. The highest BCUT2D eigenvalue weighted by molar-refractivity contribution is 5.79. The van der Waals surface area contributed by atoms with Crippen molar-refractivity contribution in [1.29, 1.82) is 0 Å². The van der Waals surface area contributed by atoms with Crippen LogP contribution in [0.4, 0.5) is 22.8 Å². The number of halogens is 3. The fourth-order valence-corrected chi connectivity index (χ4v) is 6.87. The van der Waals surface area contributed by atoms with Gasteiger partial charge in [0, 0.05) is 71.1 Å². The fraction of sp³-hybridized carbons (Fsp3) is 0.719. The lowest BCUT2D eigenvalue weighted by atomic mass is 9.81. The van der Waals surface area contributed by atoms with Crippen LogP contribution >= 0.6 is 0 Å². The molecule has 1 aromatic rings. The number of piperazine rings is 1. The second kappa shape index (κ2) is 12.8. The Hall–Kier alpha value is -3.02. The largest absolute Gasteiger partial charge is 0.444 e. The van der Waals surface area contributed by atoms with Gasteiger partial charge in [0.2, 0.25) is 5.91 Å². The summed E-state index contributed by atoms with van der Waals surface area (Å²) in [5.41, 5.74) is -0.876. The van der Waals surface area contributed by atoms with Gasteiger partial charge in [0.15, 0.2) is 0 Å². The van der Waals surface area contributed by atoms with Crippen LogP contribution in [0.25, 0.3) is 0 Å². The molecule has 0 aromatic heterocycles. The first-order chi connectivity index (χ1) is 20.7. The number of alkyl halides is 3. The summed E-state index contributed by atoms with van der Waals surface area (Å²) < 4.78 is 50.0. The number of likely N-dealkylation sites (tertiary alicyclic amines) is 1. The summed E-state index contributed by atoms with van der Waals surface area (Å²) in [6.45, 7) is 10.7. The highest BCUT2D eigenvalue weighted by Crippen LogP contribution is 2.37. The van der Waals surface area contributed by atoms with Crippen LogP contribution in [0.3, 0.4) is 0 Å². The zero-order chi connectivity index (χ0) is 31.7. The maximum atomic E-state index is 13.2. The predicted molar refractivity (Wildman–Crippen MR) is 157 cm³/mol. The minimum absolute atomic E-state index is 0.0230. The number of hydrogen-bond donors (Lipinski definition) is 0. The van der Waals surface area contributed by atoms with Crippen LogP contribution in [0.1, 0.15) is 70.4 Å². The average molecular weight is 623 g/mol. The molecule has 5 rings (SSSR count). The molecule has 9 nitrogen and oxygen atoms in total. The molecule has 4 aliphatic rings. The average Bonchev–Trinajstić information content (AvgIpc) is 3.27. The van der Waals surface area contributed by atoms with Crippen molar-refractivity contribution in [3.63, 3.8) is 0 Å². The first-order valence-electron chi connectivity index (χ1n) is 15.8. The molecule has 3 amide bonds. The Kier molecular flexibility index (Phi) is 9.39. The number of rotatable bonds is 5. The van der Waals surface area contributed by atoms with Gasteiger partial charge in [0.25, 0.3) is 0 Å². The number of amides is 3. The molecule has 1 aromatic carbocycles. The highest BCUT2D eigenvalue weighted by Gasteiger charge is 2.47. The number of hydrogen-bond acceptors (Lipinski definition) is 6. The standard InChI is InChI=1S/C32H45F3N4O5/c1-30(2,3)43-28(41)38-18-16-37(17-19-38)27(40)25-8-4-24(5-9-25)21-39-22-31(44-29(39)42)12-14-36(15-13-31)20-23-6-10-26(11-7-23)32(33,34)35/h6-7,10-11,24-25H,4-5,8-9,12-22H2,1-3H3. The molecule has 3 saturated heterocycles. The predicted octanol–water partition coefficient (Wildman–Crippen LogP) is 5.38. The van der Waals surface area contributed by atoms with Crippen LogP contribution in [-0.4, -0.2) is 101 Å². The normalized spacial score (nSPS) is 24.9. The summed E-state index contributed by atoms with van der Waals surface area (Å²) in [7, 11) is 0. The van der Waals surface area contributed by atoms with Crippen molar-refractivity contribution in [2.75, 3.05) is 52.4 Å². The smallest absolute Gasteiger partial charge is 0.416 e. The lowest BCUT2D eigenvalue weighted by Gasteiger charge is -2.38. The van der Waals surface area contributed by atoms with Crippen LogP contribution in [-0.2, 0) is 27.0 Å². The zero-order valence-electron chi connectivity index (χ0n) is 26.0. The van der Waals surface area contributed by atoms with Gasteiger partial charge in [-0.3, -0.25) is 9.69 Å². The van der Waals surface area contributed by atoms with Gasteiger partial charge in [-0.05, 0) is 70.1 Å². The van der Waals surface area contributed by atoms with Crippen molar-refractivity contribution in [2.45, 2.75) is 83.2 Å². The summed E-state index contributed by atoms with van der Waals surface area (Å²) in [6.07, 6.45) is -0.217. The minimum atomic E-state index is -4.34. The third-order valence-electron chi connectivity index (χ3n) is 9.41. The van der Waals surface area contributed by atoms with Crippen LogP contribution < -0.4 is 0 Å². The fourth-order valence-electron chi connectivity index (χ4n) is 6.87. The van der Waals surface area contributed by atoms with E-state index in [-0.39, 0.29) is 24.0 Å². The zero-order valence-corrected chi connectivity index (χ0v) is 26.0. The molecular formula is C32H45F3N4O5. The van der Waals surface area contributed by atoms with E-state index >= 15 is 0 Å². The molecule has 1 saturated carbocycles. The number of carbonyl (C=O) groups excluding carboxylic acids is 3. The third kappa shape index (κ3) is 7.97. The van der Waals surface area contributed by atoms with Crippen LogP contribution in [0, 0.1) is 11.8 Å². The number of ether oxygens (including phenoxy) is 2. The van der Waals surface area contributed by atoms with E-state index in [4.69, 9.17) is 9.47 Å². The lowest BCUT2D eigenvalue weighted by molar-refractivity contribution is -0.139. The number of benzene rings is 1. The maximum absolute atomic E-state index is 13.2. The maximum Gasteiger partial charge on any atom is 0.416 e. The summed E-state index contributed by atoms with van der Waals surface area (Å²) in [5, 5.41) is 0. The van der Waals surface area contributed by atoms with Gasteiger partial charge in [-0.25, -0.2) is 9.59 Å². The summed E-state index contributed by atoms with van der Waals surface area (Å²) in [4.78, 5) is 46.0. The molecule has 12 heteroatoms. The molecule has 0 unspecified atom stereocenters. The Morgan fingerprint density at radius 1 is 0.909 bits per heavy atom. The van der Waals surface area contributed by atoms with Crippen LogP contribution in [0.2, 0.25) is 0 Å². The first-order valence-corrected chi connectivity index (χ1v) is 15.8. The molecular weight excluding hydrogens is 577 g/mol. The van der Waals surface area contributed by atoms with Crippen molar-refractivity contribution in [3.8, 4) is 0 Å². The van der Waals surface area contributed by atoms with Crippen LogP contribution in [0.15, 0.2) is 24.3 Å². The van der Waals surface area contributed by atoms with Gasteiger partial charge in [-0.1, -0.05) is 12.1 Å². The molecule has 3 aliphatic heterocycles. The molecule has 0 atom stereocenters. The van der Waals surface area contributed by atoms with Gasteiger partial charge in [-0.15, -0.1) is 0 Å². The van der Waals surface area contributed by atoms with Gasteiger partial charge in [-0.2, -0.15) is 13.2 Å². The molecule has 1 aliphatic carbocycles. The van der Waals surface area contributed by atoms with E-state index in [0.29, 0.717) is 77.7 Å². The third-order valence-corrected chi connectivity index (χ3v) is 9.41. The Bertz CT molecular complexity index is 1180. The molecule has 44 heavy (non-hydrogen) atoms. The van der Waals surface area contributed by atoms with Gasteiger partial charge in [0.1, 0.15) is 11.2 Å². The molecule has 3 heterocycles. The Labute approximate surface area is 257 Å². The Morgan fingerprint density at radius 2 is 1.50 bits per heavy atom. The van der Waals surface area contributed by atoms with Gasteiger partial charge < -0.3 is 24.2 Å². The topological polar surface area (TPSA) is 82.6 Å².